The second kappa shape index (κ2) is 6.72. The van der Waals surface area contributed by atoms with E-state index in [1.165, 1.54) is 29.7 Å². The molecule has 0 unspecified atom stereocenters. The summed E-state index contributed by atoms with van der Waals surface area (Å²) < 4.78 is 31.9. The van der Waals surface area contributed by atoms with Crippen molar-refractivity contribution in [3.05, 3.63) is 16.2 Å². The number of anilines is 1. The minimum atomic E-state index is -3.37. The van der Waals surface area contributed by atoms with Gasteiger partial charge < -0.3 is 9.64 Å². The van der Waals surface area contributed by atoms with Gasteiger partial charge in [0, 0.05) is 26.2 Å². The Morgan fingerprint density at radius 2 is 2.21 bits per heavy atom. The van der Waals surface area contributed by atoms with E-state index < -0.39 is 10.0 Å². The lowest BCUT2D eigenvalue weighted by Gasteiger charge is -2.34. The van der Waals surface area contributed by atoms with Gasteiger partial charge in [0.1, 0.15) is 0 Å². The molecule has 2 aromatic rings. The van der Waals surface area contributed by atoms with E-state index >= 15 is 0 Å². The average Bonchev–Trinajstić information content (AvgIpc) is 2.89. The Morgan fingerprint density at radius 1 is 1.46 bits per heavy atom. The van der Waals surface area contributed by atoms with Crippen LogP contribution in [0.3, 0.4) is 0 Å². The summed E-state index contributed by atoms with van der Waals surface area (Å²) in [5.74, 6) is 0.644. The Morgan fingerprint density at radius 3 is 2.88 bits per heavy atom. The molecule has 3 rings (SSSR count). The summed E-state index contributed by atoms with van der Waals surface area (Å²) in [5, 5.41) is 1.95. The summed E-state index contributed by atoms with van der Waals surface area (Å²) in [5.41, 5.74) is 1.26. The predicted octanol–water partition coefficient (Wildman–Crippen LogP) is 1.96. The first-order valence-electron chi connectivity index (χ1n) is 7.48. The van der Waals surface area contributed by atoms with Gasteiger partial charge in [0.25, 0.3) is 0 Å². The Balaban J connectivity index is 2.07. The second-order valence-electron chi connectivity index (χ2n) is 5.91. The van der Waals surface area contributed by atoms with Gasteiger partial charge in [-0.3, -0.25) is 0 Å². The molecule has 132 valence electrons. The van der Waals surface area contributed by atoms with Crippen molar-refractivity contribution in [2.24, 2.45) is 0 Å². The topological polar surface area (TPSA) is 75.6 Å². The van der Waals surface area contributed by atoms with Crippen LogP contribution < -0.4 is 4.90 Å². The Hall–Kier alpha value is -1.00. The van der Waals surface area contributed by atoms with Gasteiger partial charge in [0.05, 0.1) is 35.2 Å². The first-order chi connectivity index (χ1) is 11.3. The van der Waals surface area contributed by atoms with Gasteiger partial charge in [0.2, 0.25) is 15.3 Å². The van der Waals surface area contributed by atoms with Crippen molar-refractivity contribution in [1.82, 2.24) is 14.3 Å². The maximum Gasteiger partial charge on any atom is 0.224 e. The molecule has 3 heterocycles. The van der Waals surface area contributed by atoms with Crippen LogP contribution in [-0.4, -0.2) is 62.6 Å². The number of morpholine rings is 1. The third kappa shape index (κ3) is 3.36. The lowest BCUT2D eigenvalue weighted by atomic mass is 10.2. The number of fused-ring (bicyclic) bond motifs is 1. The van der Waals surface area contributed by atoms with Gasteiger partial charge in [-0.25, -0.2) is 17.7 Å². The summed E-state index contributed by atoms with van der Waals surface area (Å²) in [6.45, 7) is 4.02. The number of ether oxygens (including phenoxy) is 1. The highest BCUT2D eigenvalue weighted by atomic mass is 35.5. The van der Waals surface area contributed by atoms with E-state index in [0.717, 1.165) is 10.5 Å². The van der Waals surface area contributed by atoms with Gasteiger partial charge in [-0.2, -0.15) is 4.98 Å². The van der Waals surface area contributed by atoms with Crippen LogP contribution in [0.4, 0.5) is 5.82 Å². The number of thiophene rings is 1. The molecular formula is C14H19ClN4O3S2. The highest BCUT2D eigenvalue weighted by Gasteiger charge is 2.26. The highest BCUT2D eigenvalue weighted by Crippen LogP contribution is 2.35. The molecule has 0 aliphatic carbocycles. The zero-order valence-corrected chi connectivity index (χ0v) is 16.1. The van der Waals surface area contributed by atoms with Crippen LogP contribution in [0.2, 0.25) is 5.28 Å². The number of nitrogens with zero attached hydrogens (tertiary/aromatic N) is 4. The molecular weight excluding hydrogens is 372 g/mol. The molecule has 1 aliphatic rings. The van der Waals surface area contributed by atoms with Gasteiger partial charge >= 0.3 is 0 Å². The fraction of sp³-hybridized carbons (Fsp3) is 0.571. The largest absolute Gasteiger partial charge is 0.377 e. The minimum absolute atomic E-state index is 0.106. The van der Waals surface area contributed by atoms with E-state index in [0.29, 0.717) is 30.8 Å². The maximum atomic E-state index is 12.2. The highest BCUT2D eigenvalue weighted by molar-refractivity contribution is 7.88. The summed E-state index contributed by atoms with van der Waals surface area (Å²) in [7, 11) is -0.330. The lowest BCUT2D eigenvalue weighted by Crippen LogP contribution is -2.44. The van der Waals surface area contributed by atoms with E-state index in [-0.39, 0.29) is 17.1 Å². The molecule has 0 radical (unpaired) electrons. The molecule has 0 N–H and O–H groups in total. The molecule has 10 heteroatoms. The van der Waals surface area contributed by atoms with Crippen LogP contribution in [0.1, 0.15) is 12.5 Å². The molecule has 0 saturated carbocycles. The smallest absolute Gasteiger partial charge is 0.224 e. The molecule has 2 aromatic heterocycles. The number of hydrogen-bond acceptors (Lipinski definition) is 7. The predicted molar refractivity (Wildman–Crippen MR) is 96.4 cm³/mol. The average molecular weight is 391 g/mol. The second-order valence-corrected chi connectivity index (χ2v) is 9.31. The van der Waals surface area contributed by atoms with Crippen LogP contribution in [-0.2, 0) is 20.5 Å². The summed E-state index contributed by atoms with van der Waals surface area (Å²) in [4.78, 5) is 10.8. The van der Waals surface area contributed by atoms with E-state index in [2.05, 4.69) is 21.8 Å². The summed E-state index contributed by atoms with van der Waals surface area (Å²) in [6, 6.07) is 0.170. The zero-order chi connectivity index (χ0) is 17.5. The van der Waals surface area contributed by atoms with E-state index in [4.69, 9.17) is 16.3 Å². The van der Waals surface area contributed by atoms with Gasteiger partial charge in [-0.1, -0.05) is 0 Å². The fourth-order valence-corrected chi connectivity index (χ4v) is 4.74. The van der Waals surface area contributed by atoms with E-state index in [9.17, 15) is 8.42 Å². The molecule has 24 heavy (non-hydrogen) atoms. The van der Waals surface area contributed by atoms with E-state index in [1.54, 1.807) is 0 Å². The normalized spacial score (nSPS) is 19.4. The quantitative estimate of drug-likeness (QED) is 0.743. The van der Waals surface area contributed by atoms with Crippen LogP contribution in [0, 0.1) is 0 Å². The molecule has 7 nitrogen and oxygen atoms in total. The Labute approximate surface area is 150 Å². The minimum Gasteiger partial charge on any atom is -0.377 e. The Kier molecular flexibility index (Phi) is 4.99. The van der Waals surface area contributed by atoms with Crippen molar-refractivity contribution in [2.75, 3.05) is 38.8 Å². The number of rotatable bonds is 4. The molecule has 1 saturated heterocycles. The van der Waals surface area contributed by atoms with Crippen molar-refractivity contribution in [1.29, 1.82) is 0 Å². The van der Waals surface area contributed by atoms with Crippen molar-refractivity contribution in [3.8, 4) is 0 Å². The van der Waals surface area contributed by atoms with E-state index in [1.807, 2.05) is 5.38 Å². The molecule has 1 aliphatic heterocycles. The number of halogens is 1. The first-order valence-corrected chi connectivity index (χ1v) is 10.3. The summed E-state index contributed by atoms with van der Waals surface area (Å²) in [6.07, 6.45) is 0. The number of sulfonamides is 1. The molecule has 0 bridgehead atoms. The summed E-state index contributed by atoms with van der Waals surface area (Å²) >= 11 is 7.57. The van der Waals surface area contributed by atoms with Crippen molar-refractivity contribution >= 4 is 49.0 Å². The molecule has 0 spiro atoms. The fourth-order valence-electron chi connectivity index (χ4n) is 2.59. The zero-order valence-electron chi connectivity index (χ0n) is 13.7. The molecule has 1 fully saturated rings. The van der Waals surface area contributed by atoms with Crippen molar-refractivity contribution < 1.29 is 13.2 Å². The number of hydrogen-bond donors (Lipinski definition) is 0. The molecule has 0 aromatic carbocycles. The van der Waals surface area contributed by atoms with Crippen molar-refractivity contribution in [3.63, 3.8) is 0 Å². The molecule has 1 atom stereocenters. The SMILES string of the molecule is C[C@@H]1COCCN1c1nc(Cl)nc2c(CS(=O)(=O)N(C)C)csc12. The monoisotopic (exact) mass is 390 g/mol. The molecule has 0 amide bonds. The first kappa shape index (κ1) is 17.8. The Bertz CT molecular complexity index is 853. The third-order valence-electron chi connectivity index (χ3n) is 3.98. The lowest BCUT2D eigenvalue weighted by molar-refractivity contribution is 0.0987. The van der Waals surface area contributed by atoms with Crippen LogP contribution >= 0.6 is 22.9 Å². The maximum absolute atomic E-state index is 12.2. The van der Waals surface area contributed by atoms with Crippen molar-refractivity contribution in [2.45, 2.75) is 18.7 Å². The number of aromatic nitrogens is 2. The van der Waals surface area contributed by atoms with Gasteiger partial charge in [-0.15, -0.1) is 11.3 Å². The van der Waals surface area contributed by atoms with Crippen LogP contribution in [0.5, 0.6) is 0 Å². The van der Waals surface area contributed by atoms with Gasteiger partial charge in [0.15, 0.2) is 5.82 Å². The third-order valence-corrected chi connectivity index (χ3v) is 6.95. The van der Waals surface area contributed by atoms with Gasteiger partial charge in [-0.05, 0) is 23.9 Å². The van der Waals surface area contributed by atoms with Crippen LogP contribution in [0.15, 0.2) is 5.38 Å². The van der Waals surface area contributed by atoms with Crippen LogP contribution in [0.25, 0.3) is 10.2 Å². The standard InChI is InChI=1S/C14H19ClN4O3S2/c1-9-6-22-5-4-19(9)13-12-11(16-14(15)17-13)10(7-23-12)8-24(20,21)18(2)3/h7,9H,4-6,8H2,1-3H3/t9-/m1/s1.